The van der Waals surface area contributed by atoms with Crippen LogP contribution in [0.3, 0.4) is 0 Å². The summed E-state index contributed by atoms with van der Waals surface area (Å²) in [7, 11) is 1.58. The molecule has 30 heavy (non-hydrogen) atoms. The zero-order valence-corrected chi connectivity index (χ0v) is 18.4. The molecule has 0 heterocycles. The molecular weight excluding hydrogens is 380 g/mol. The van der Waals surface area contributed by atoms with E-state index in [9.17, 15) is 4.79 Å². The van der Waals surface area contributed by atoms with Gasteiger partial charge in [-0.15, -0.1) is 0 Å². The van der Waals surface area contributed by atoms with E-state index in [-0.39, 0.29) is 12.0 Å². The first-order chi connectivity index (χ1) is 14.4. The topological polar surface area (TPSA) is 84.0 Å². The molecular formula is C23H32N4O3. The van der Waals surface area contributed by atoms with Crippen molar-refractivity contribution in [3.63, 3.8) is 0 Å². The predicted molar refractivity (Wildman–Crippen MR) is 121 cm³/mol. The Hall–Kier alpha value is -3.22. The standard InChI is InChI=1S/C23H32N4O3/c1-6-24-23(25-14-17(3)30-21-10-8-7-9-16(21)2)26-15-19-11-12-22(29-5)20(13-19)27-18(4)28/h7-13,17H,6,14-15H2,1-5H3,(H,27,28)(H2,24,25,26). The molecule has 0 saturated carbocycles. The zero-order chi connectivity index (χ0) is 21.9. The number of para-hydroxylation sites is 1. The van der Waals surface area contributed by atoms with Crippen LogP contribution in [0, 0.1) is 6.92 Å². The second kappa shape index (κ2) is 11.7. The van der Waals surface area contributed by atoms with E-state index in [0.29, 0.717) is 30.5 Å². The van der Waals surface area contributed by atoms with E-state index >= 15 is 0 Å². The monoisotopic (exact) mass is 412 g/mol. The number of amides is 1. The van der Waals surface area contributed by atoms with Gasteiger partial charge in [0, 0.05) is 13.5 Å². The lowest BCUT2D eigenvalue weighted by molar-refractivity contribution is -0.114. The van der Waals surface area contributed by atoms with Crippen LogP contribution in [0.5, 0.6) is 11.5 Å². The smallest absolute Gasteiger partial charge is 0.221 e. The number of nitrogens with one attached hydrogen (secondary N) is 3. The molecule has 0 saturated heterocycles. The van der Waals surface area contributed by atoms with Crippen LogP contribution in [0.2, 0.25) is 0 Å². The van der Waals surface area contributed by atoms with Gasteiger partial charge in [0.1, 0.15) is 17.6 Å². The van der Waals surface area contributed by atoms with Crippen LogP contribution in [0.4, 0.5) is 5.69 Å². The average Bonchev–Trinajstić information content (AvgIpc) is 2.71. The third kappa shape index (κ3) is 7.31. The molecule has 7 heteroatoms. The van der Waals surface area contributed by atoms with Gasteiger partial charge < -0.3 is 25.4 Å². The molecule has 7 nitrogen and oxygen atoms in total. The maximum atomic E-state index is 11.4. The van der Waals surface area contributed by atoms with Gasteiger partial charge in [-0.2, -0.15) is 0 Å². The molecule has 3 N–H and O–H groups in total. The summed E-state index contributed by atoms with van der Waals surface area (Å²) >= 11 is 0. The molecule has 1 atom stereocenters. The van der Waals surface area contributed by atoms with Gasteiger partial charge in [-0.3, -0.25) is 4.79 Å². The van der Waals surface area contributed by atoms with Gasteiger partial charge in [0.25, 0.3) is 0 Å². The fraction of sp³-hybridized carbons (Fsp3) is 0.391. The third-order valence-corrected chi connectivity index (χ3v) is 4.32. The number of anilines is 1. The van der Waals surface area contributed by atoms with Crippen LogP contribution in [0.15, 0.2) is 47.5 Å². The van der Waals surface area contributed by atoms with E-state index in [1.54, 1.807) is 7.11 Å². The molecule has 0 aliphatic rings. The van der Waals surface area contributed by atoms with Gasteiger partial charge in [-0.05, 0) is 50.1 Å². The number of benzene rings is 2. The van der Waals surface area contributed by atoms with Crippen molar-refractivity contribution in [3.05, 3.63) is 53.6 Å². The van der Waals surface area contributed by atoms with Crippen molar-refractivity contribution in [1.29, 1.82) is 0 Å². The second-order valence-electron chi connectivity index (χ2n) is 6.99. The van der Waals surface area contributed by atoms with Gasteiger partial charge in [0.2, 0.25) is 5.91 Å². The zero-order valence-electron chi connectivity index (χ0n) is 18.4. The van der Waals surface area contributed by atoms with Crippen molar-refractivity contribution in [2.24, 2.45) is 4.99 Å². The first-order valence-corrected chi connectivity index (χ1v) is 10.1. The van der Waals surface area contributed by atoms with Crippen LogP contribution in [-0.4, -0.2) is 38.2 Å². The lowest BCUT2D eigenvalue weighted by Crippen LogP contribution is -2.41. The lowest BCUT2D eigenvalue weighted by Gasteiger charge is -2.19. The molecule has 2 rings (SSSR count). The predicted octanol–water partition coefficient (Wildman–Crippen LogP) is 3.48. The molecule has 1 amide bonds. The number of aliphatic imine (C=N–C) groups is 1. The Kier molecular flexibility index (Phi) is 9.00. The minimum Gasteiger partial charge on any atom is -0.495 e. The number of aryl methyl sites for hydroxylation is 1. The highest BCUT2D eigenvalue weighted by atomic mass is 16.5. The number of hydrogen-bond acceptors (Lipinski definition) is 4. The summed E-state index contributed by atoms with van der Waals surface area (Å²) in [6, 6.07) is 13.6. The van der Waals surface area contributed by atoms with Gasteiger partial charge in [-0.1, -0.05) is 24.3 Å². The van der Waals surface area contributed by atoms with E-state index in [4.69, 9.17) is 9.47 Å². The van der Waals surface area contributed by atoms with E-state index < -0.39 is 0 Å². The third-order valence-electron chi connectivity index (χ3n) is 4.32. The van der Waals surface area contributed by atoms with Crippen molar-refractivity contribution in [1.82, 2.24) is 10.6 Å². The molecule has 162 valence electrons. The quantitative estimate of drug-likeness (QED) is 0.434. The Morgan fingerprint density at radius 2 is 1.90 bits per heavy atom. The first kappa shape index (κ1) is 23.1. The number of hydrogen-bond donors (Lipinski definition) is 3. The van der Waals surface area contributed by atoms with E-state index in [2.05, 4.69) is 20.9 Å². The molecule has 2 aromatic carbocycles. The van der Waals surface area contributed by atoms with Gasteiger partial charge in [0.05, 0.1) is 25.9 Å². The summed E-state index contributed by atoms with van der Waals surface area (Å²) in [5.74, 6) is 2.06. The summed E-state index contributed by atoms with van der Waals surface area (Å²) in [5, 5.41) is 9.35. The summed E-state index contributed by atoms with van der Waals surface area (Å²) in [6.45, 7) is 9.36. The largest absolute Gasteiger partial charge is 0.495 e. The minimum atomic E-state index is -0.147. The number of rotatable bonds is 9. The molecule has 0 aliphatic carbocycles. The van der Waals surface area contributed by atoms with Crippen LogP contribution < -0.4 is 25.4 Å². The Balaban J connectivity index is 2.00. The number of carbonyl (C=O) groups excluding carboxylic acids is 1. The van der Waals surface area contributed by atoms with Crippen molar-refractivity contribution < 1.29 is 14.3 Å². The van der Waals surface area contributed by atoms with E-state index in [0.717, 1.165) is 23.4 Å². The Bertz CT molecular complexity index is 867. The number of nitrogens with zero attached hydrogens (tertiary/aromatic N) is 1. The normalized spacial score (nSPS) is 12.1. The van der Waals surface area contributed by atoms with Gasteiger partial charge in [-0.25, -0.2) is 4.99 Å². The molecule has 2 aromatic rings. The van der Waals surface area contributed by atoms with Crippen molar-refractivity contribution in [3.8, 4) is 11.5 Å². The average molecular weight is 413 g/mol. The highest BCUT2D eigenvalue weighted by Crippen LogP contribution is 2.25. The minimum absolute atomic E-state index is 0.0256. The van der Waals surface area contributed by atoms with Gasteiger partial charge >= 0.3 is 0 Å². The maximum Gasteiger partial charge on any atom is 0.221 e. The molecule has 0 spiro atoms. The lowest BCUT2D eigenvalue weighted by atomic mass is 10.2. The Morgan fingerprint density at radius 1 is 1.13 bits per heavy atom. The molecule has 0 bridgehead atoms. The number of guanidine groups is 1. The SMILES string of the molecule is CCNC(=NCc1ccc(OC)c(NC(C)=O)c1)NCC(C)Oc1ccccc1C. The summed E-state index contributed by atoms with van der Waals surface area (Å²) < 4.78 is 11.3. The number of ether oxygens (including phenoxy) is 2. The molecule has 0 aliphatic heterocycles. The van der Waals surface area contributed by atoms with Crippen LogP contribution >= 0.6 is 0 Å². The van der Waals surface area contributed by atoms with E-state index in [1.165, 1.54) is 6.92 Å². The highest BCUT2D eigenvalue weighted by molar-refractivity contribution is 5.90. The van der Waals surface area contributed by atoms with Gasteiger partial charge in [0.15, 0.2) is 5.96 Å². The Morgan fingerprint density at radius 3 is 2.57 bits per heavy atom. The van der Waals surface area contributed by atoms with Crippen molar-refractivity contribution in [2.45, 2.75) is 40.3 Å². The fourth-order valence-corrected chi connectivity index (χ4v) is 2.84. The number of methoxy groups -OCH3 is 1. The van der Waals surface area contributed by atoms with Crippen LogP contribution in [-0.2, 0) is 11.3 Å². The molecule has 1 unspecified atom stereocenters. The maximum absolute atomic E-state index is 11.4. The van der Waals surface area contributed by atoms with Crippen molar-refractivity contribution in [2.75, 3.05) is 25.5 Å². The molecule has 0 radical (unpaired) electrons. The summed E-state index contributed by atoms with van der Waals surface area (Å²) in [5.41, 5.74) is 2.70. The number of carbonyl (C=O) groups is 1. The second-order valence-corrected chi connectivity index (χ2v) is 6.99. The Labute approximate surface area is 178 Å². The highest BCUT2D eigenvalue weighted by Gasteiger charge is 2.09. The first-order valence-electron chi connectivity index (χ1n) is 10.1. The summed E-state index contributed by atoms with van der Waals surface area (Å²) in [4.78, 5) is 16.1. The molecule has 0 aromatic heterocycles. The van der Waals surface area contributed by atoms with Crippen LogP contribution in [0.1, 0.15) is 31.9 Å². The van der Waals surface area contributed by atoms with E-state index in [1.807, 2.05) is 63.2 Å². The molecule has 0 fully saturated rings. The van der Waals surface area contributed by atoms with Crippen LogP contribution in [0.25, 0.3) is 0 Å². The summed E-state index contributed by atoms with van der Waals surface area (Å²) in [6.07, 6.45) is -0.0256. The fourth-order valence-electron chi connectivity index (χ4n) is 2.84. The van der Waals surface area contributed by atoms with Crippen molar-refractivity contribution >= 4 is 17.6 Å².